The first-order chi connectivity index (χ1) is 5.31. The van der Waals surface area contributed by atoms with Crippen molar-refractivity contribution in [2.45, 2.75) is 19.3 Å². The number of nitrogens with zero attached hydrogens (tertiary/aromatic N) is 1. The summed E-state index contributed by atoms with van der Waals surface area (Å²) in [7, 11) is 2.04. The van der Waals surface area contributed by atoms with Crippen molar-refractivity contribution in [1.29, 1.82) is 0 Å². The van der Waals surface area contributed by atoms with Gasteiger partial charge in [-0.2, -0.15) is 0 Å². The summed E-state index contributed by atoms with van der Waals surface area (Å²) < 4.78 is 0. The molecule has 0 radical (unpaired) electrons. The highest BCUT2D eigenvalue weighted by molar-refractivity contribution is 4.86. The lowest BCUT2D eigenvalue weighted by Gasteiger charge is -2.11. The van der Waals surface area contributed by atoms with Gasteiger partial charge in [0.25, 0.3) is 0 Å². The van der Waals surface area contributed by atoms with Crippen LogP contribution in [0.1, 0.15) is 19.3 Å². The fourth-order valence-electron chi connectivity index (χ4n) is 0.938. The van der Waals surface area contributed by atoms with E-state index in [0.29, 0.717) is 0 Å². The average molecular weight is 154 g/mol. The SMILES string of the molecule is C#CCN(C)CCCCCN. The van der Waals surface area contributed by atoms with Crippen LogP contribution in [0.5, 0.6) is 0 Å². The number of hydrogen-bond acceptors (Lipinski definition) is 2. The number of terminal acetylenes is 1. The van der Waals surface area contributed by atoms with Gasteiger partial charge in [0.05, 0.1) is 6.54 Å². The van der Waals surface area contributed by atoms with Gasteiger partial charge in [0.15, 0.2) is 0 Å². The fraction of sp³-hybridized carbons (Fsp3) is 0.778. The van der Waals surface area contributed by atoms with E-state index in [1.54, 1.807) is 0 Å². The normalized spacial score (nSPS) is 10.0. The van der Waals surface area contributed by atoms with E-state index in [2.05, 4.69) is 10.8 Å². The molecule has 0 atom stereocenters. The van der Waals surface area contributed by atoms with Gasteiger partial charge in [-0.25, -0.2) is 0 Å². The summed E-state index contributed by atoms with van der Waals surface area (Å²) in [5.74, 6) is 2.61. The molecule has 0 aromatic heterocycles. The van der Waals surface area contributed by atoms with Gasteiger partial charge < -0.3 is 5.73 Å². The van der Waals surface area contributed by atoms with E-state index < -0.39 is 0 Å². The largest absolute Gasteiger partial charge is 0.330 e. The van der Waals surface area contributed by atoms with Gasteiger partial charge in [0, 0.05) is 0 Å². The highest BCUT2D eigenvalue weighted by Crippen LogP contribution is 1.94. The van der Waals surface area contributed by atoms with Gasteiger partial charge in [0.1, 0.15) is 0 Å². The monoisotopic (exact) mass is 154 g/mol. The molecule has 2 nitrogen and oxygen atoms in total. The van der Waals surface area contributed by atoms with Crippen LogP contribution < -0.4 is 5.73 Å². The lowest BCUT2D eigenvalue weighted by atomic mass is 10.2. The van der Waals surface area contributed by atoms with Gasteiger partial charge in [-0.3, -0.25) is 4.90 Å². The Morgan fingerprint density at radius 2 is 2.09 bits per heavy atom. The van der Waals surface area contributed by atoms with Crippen LogP contribution in [0.4, 0.5) is 0 Å². The molecule has 0 aliphatic rings. The minimum absolute atomic E-state index is 0.753. The third kappa shape index (κ3) is 7.38. The zero-order valence-corrected chi connectivity index (χ0v) is 7.34. The Morgan fingerprint density at radius 1 is 1.36 bits per heavy atom. The Hall–Kier alpha value is -0.520. The van der Waals surface area contributed by atoms with Crippen LogP contribution >= 0.6 is 0 Å². The van der Waals surface area contributed by atoms with Crippen molar-refractivity contribution in [2.24, 2.45) is 5.73 Å². The summed E-state index contributed by atoms with van der Waals surface area (Å²) in [5.41, 5.74) is 5.36. The van der Waals surface area contributed by atoms with E-state index in [4.69, 9.17) is 12.2 Å². The smallest absolute Gasteiger partial charge is 0.0596 e. The Balaban J connectivity index is 3.05. The van der Waals surface area contributed by atoms with Crippen molar-refractivity contribution in [3.05, 3.63) is 0 Å². The molecule has 0 bridgehead atoms. The molecular weight excluding hydrogens is 136 g/mol. The lowest BCUT2D eigenvalue weighted by molar-refractivity contribution is 0.363. The third-order valence-electron chi connectivity index (χ3n) is 1.61. The summed E-state index contributed by atoms with van der Waals surface area (Å²) in [6.45, 7) is 2.64. The fourth-order valence-corrected chi connectivity index (χ4v) is 0.938. The van der Waals surface area contributed by atoms with Crippen molar-refractivity contribution in [2.75, 3.05) is 26.7 Å². The molecule has 0 aromatic rings. The second-order valence-corrected chi connectivity index (χ2v) is 2.79. The molecule has 64 valence electrons. The lowest BCUT2D eigenvalue weighted by Crippen LogP contribution is -2.19. The van der Waals surface area contributed by atoms with Crippen molar-refractivity contribution in [1.82, 2.24) is 4.90 Å². The molecule has 0 spiro atoms. The number of rotatable bonds is 6. The van der Waals surface area contributed by atoms with E-state index in [1.807, 2.05) is 7.05 Å². The zero-order valence-electron chi connectivity index (χ0n) is 7.34. The topological polar surface area (TPSA) is 29.3 Å². The van der Waals surface area contributed by atoms with Crippen LogP contribution in [-0.4, -0.2) is 31.6 Å². The van der Waals surface area contributed by atoms with Crippen molar-refractivity contribution >= 4 is 0 Å². The first-order valence-electron chi connectivity index (χ1n) is 4.13. The zero-order chi connectivity index (χ0) is 8.53. The minimum Gasteiger partial charge on any atom is -0.330 e. The molecule has 2 heteroatoms. The van der Waals surface area contributed by atoms with Crippen LogP contribution in [0.15, 0.2) is 0 Å². The first kappa shape index (κ1) is 10.5. The number of unbranched alkanes of at least 4 members (excludes halogenated alkanes) is 2. The number of hydrogen-bond donors (Lipinski definition) is 1. The van der Waals surface area contributed by atoms with E-state index in [9.17, 15) is 0 Å². The summed E-state index contributed by atoms with van der Waals surface area (Å²) in [5, 5.41) is 0. The van der Waals surface area contributed by atoms with Crippen LogP contribution in [0.25, 0.3) is 0 Å². The maximum atomic E-state index is 5.36. The highest BCUT2D eigenvalue weighted by atomic mass is 15.1. The van der Waals surface area contributed by atoms with Crippen LogP contribution in [-0.2, 0) is 0 Å². The molecule has 2 N–H and O–H groups in total. The molecule has 0 saturated carbocycles. The molecule has 0 heterocycles. The third-order valence-corrected chi connectivity index (χ3v) is 1.61. The van der Waals surface area contributed by atoms with Crippen molar-refractivity contribution < 1.29 is 0 Å². The van der Waals surface area contributed by atoms with Gasteiger partial charge in [0.2, 0.25) is 0 Å². The second-order valence-electron chi connectivity index (χ2n) is 2.79. The van der Waals surface area contributed by atoms with Gasteiger partial charge in [-0.1, -0.05) is 12.3 Å². The Morgan fingerprint density at radius 3 is 2.64 bits per heavy atom. The predicted molar refractivity (Wildman–Crippen MR) is 49.2 cm³/mol. The van der Waals surface area contributed by atoms with Gasteiger partial charge >= 0.3 is 0 Å². The molecule has 0 unspecified atom stereocenters. The molecule has 0 aromatic carbocycles. The van der Waals surface area contributed by atoms with Crippen LogP contribution in [0, 0.1) is 12.3 Å². The minimum atomic E-state index is 0.753. The summed E-state index contributed by atoms with van der Waals surface area (Å²) in [6, 6.07) is 0. The quantitative estimate of drug-likeness (QED) is 0.450. The molecular formula is C9H18N2. The molecule has 11 heavy (non-hydrogen) atoms. The summed E-state index contributed by atoms with van der Waals surface area (Å²) >= 11 is 0. The van der Waals surface area contributed by atoms with Crippen molar-refractivity contribution in [3.63, 3.8) is 0 Å². The molecule has 0 aliphatic carbocycles. The Labute approximate surface area is 69.8 Å². The first-order valence-corrected chi connectivity index (χ1v) is 4.13. The molecule has 0 aliphatic heterocycles. The molecule has 0 fully saturated rings. The Kier molecular flexibility index (Phi) is 7.23. The van der Waals surface area contributed by atoms with Crippen LogP contribution in [0.2, 0.25) is 0 Å². The maximum absolute atomic E-state index is 5.36. The Bertz CT molecular complexity index is 115. The predicted octanol–water partition coefficient (Wildman–Crippen LogP) is 0.680. The molecule has 0 amide bonds. The van der Waals surface area contributed by atoms with Gasteiger partial charge in [-0.05, 0) is 33.0 Å². The summed E-state index contributed by atoms with van der Waals surface area (Å²) in [4.78, 5) is 2.15. The van der Waals surface area contributed by atoms with E-state index >= 15 is 0 Å². The van der Waals surface area contributed by atoms with Crippen LogP contribution in [0.3, 0.4) is 0 Å². The second kappa shape index (κ2) is 7.59. The molecule has 0 rings (SSSR count). The van der Waals surface area contributed by atoms with E-state index in [1.165, 1.54) is 12.8 Å². The highest BCUT2D eigenvalue weighted by Gasteiger charge is 1.93. The standard InChI is InChI=1S/C9H18N2/c1-3-8-11(2)9-6-4-5-7-10/h1H,4-10H2,2H3. The van der Waals surface area contributed by atoms with Gasteiger partial charge in [-0.15, -0.1) is 6.42 Å². The number of nitrogens with two attached hydrogens (primary N) is 1. The van der Waals surface area contributed by atoms with E-state index in [-0.39, 0.29) is 0 Å². The van der Waals surface area contributed by atoms with Crippen molar-refractivity contribution in [3.8, 4) is 12.3 Å². The summed E-state index contributed by atoms with van der Waals surface area (Å²) in [6.07, 6.45) is 8.69. The molecule has 0 saturated heterocycles. The average Bonchev–Trinajstić information content (AvgIpc) is 1.99. The van der Waals surface area contributed by atoms with E-state index in [0.717, 1.165) is 26.1 Å². The maximum Gasteiger partial charge on any atom is 0.0596 e.